The number of halogens is 4. The zero-order chi connectivity index (χ0) is 20.3. The van der Waals surface area contributed by atoms with Gasteiger partial charge in [-0.05, 0) is 36.8 Å². The Morgan fingerprint density at radius 1 is 0.893 bits per heavy atom. The average molecular weight is 457 g/mol. The first-order valence-corrected chi connectivity index (χ1v) is 9.93. The van der Waals surface area contributed by atoms with E-state index in [9.17, 15) is 5.11 Å². The Morgan fingerprint density at radius 3 is 2.18 bits per heavy atom. The number of aromatic hydroxyl groups is 1. The van der Waals surface area contributed by atoms with Gasteiger partial charge in [-0.1, -0.05) is 76.2 Å². The molecule has 3 nitrogen and oxygen atoms in total. The Hall–Kier alpha value is -1.78. The molecule has 0 radical (unpaired) electrons. The highest BCUT2D eigenvalue weighted by Crippen LogP contribution is 2.36. The van der Waals surface area contributed by atoms with Crippen LogP contribution in [0.15, 0.2) is 48.5 Å². The number of rotatable bonds is 6. The van der Waals surface area contributed by atoms with Crippen molar-refractivity contribution in [3.63, 3.8) is 0 Å². The van der Waals surface area contributed by atoms with E-state index in [4.69, 9.17) is 51.1 Å². The van der Waals surface area contributed by atoms with Crippen molar-refractivity contribution < 1.29 is 9.84 Å². The highest BCUT2D eigenvalue weighted by molar-refractivity contribution is 6.37. The highest BCUT2D eigenvalue weighted by atomic mass is 35.5. The van der Waals surface area contributed by atoms with Gasteiger partial charge < -0.3 is 15.2 Å². The van der Waals surface area contributed by atoms with Gasteiger partial charge in [0, 0.05) is 22.8 Å². The molecule has 0 bridgehead atoms. The van der Waals surface area contributed by atoms with Crippen molar-refractivity contribution in [1.29, 1.82) is 0 Å². The standard InChI is InChI=1S/C21H17Cl4NO2/c1-12-2-4-13(5-3-12)11-28-21-14(6-15(22)7-19(21)25)10-26-16-8-17(23)20(27)18(24)9-16/h2-9,26-27H,10-11H2,1H3. The van der Waals surface area contributed by atoms with Crippen molar-refractivity contribution in [3.8, 4) is 11.5 Å². The maximum absolute atomic E-state index is 9.68. The Bertz CT molecular complexity index is 967. The summed E-state index contributed by atoms with van der Waals surface area (Å²) in [6.07, 6.45) is 0. The first-order valence-electron chi connectivity index (χ1n) is 8.41. The number of hydrogen-bond donors (Lipinski definition) is 2. The lowest BCUT2D eigenvalue weighted by atomic mass is 10.1. The van der Waals surface area contributed by atoms with Crippen molar-refractivity contribution >= 4 is 52.1 Å². The molecule has 28 heavy (non-hydrogen) atoms. The fourth-order valence-corrected chi connectivity index (χ4v) is 3.69. The summed E-state index contributed by atoms with van der Waals surface area (Å²) in [5, 5.41) is 14.1. The Labute approximate surface area is 183 Å². The molecule has 7 heteroatoms. The third-order valence-corrected chi connectivity index (χ3v) is 5.16. The molecule has 0 aliphatic rings. The Balaban J connectivity index is 1.79. The number of nitrogens with one attached hydrogen (secondary N) is 1. The number of aryl methyl sites for hydroxylation is 1. The molecule has 0 saturated heterocycles. The number of phenols is 1. The van der Waals surface area contributed by atoms with Crippen molar-refractivity contribution in [2.45, 2.75) is 20.1 Å². The van der Waals surface area contributed by atoms with Gasteiger partial charge in [0.05, 0.1) is 15.1 Å². The highest BCUT2D eigenvalue weighted by Gasteiger charge is 2.13. The molecule has 0 aromatic heterocycles. The molecule has 0 aliphatic carbocycles. The van der Waals surface area contributed by atoms with Crippen LogP contribution in [0.3, 0.4) is 0 Å². The molecule has 0 unspecified atom stereocenters. The molecule has 0 saturated carbocycles. The van der Waals surface area contributed by atoms with E-state index in [1.165, 1.54) is 5.56 Å². The molecule has 3 aromatic rings. The van der Waals surface area contributed by atoms with Gasteiger partial charge >= 0.3 is 0 Å². The van der Waals surface area contributed by atoms with Crippen LogP contribution >= 0.6 is 46.4 Å². The minimum absolute atomic E-state index is 0.151. The topological polar surface area (TPSA) is 41.5 Å². The summed E-state index contributed by atoms with van der Waals surface area (Å²) in [5.74, 6) is 0.400. The van der Waals surface area contributed by atoms with Crippen LogP contribution in [0.5, 0.6) is 11.5 Å². The number of ether oxygens (including phenoxy) is 1. The summed E-state index contributed by atoms with van der Waals surface area (Å²) >= 11 is 24.5. The molecular formula is C21H17Cl4NO2. The van der Waals surface area contributed by atoms with Gasteiger partial charge in [-0.2, -0.15) is 0 Å². The molecule has 146 valence electrons. The lowest BCUT2D eigenvalue weighted by Crippen LogP contribution is -2.05. The fourth-order valence-electron chi connectivity index (χ4n) is 2.61. The van der Waals surface area contributed by atoms with Gasteiger partial charge in [0.2, 0.25) is 0 Å². The summed E-state index contributed by atoms with van der Waals surface area (Å²) < 4.78 is 5.98. The van der Waals surface area contributed by atoms with Crippen LogP contribution in [-0.2, 0) is 13.2 Å². The summed E-state index contributed by atoms with van der Waals surface area (Å²) in [6.45, 7) is 2.79. The number of benzene rings is 3. The van der Waals surface area contributed by atoms with E-state index in [1.54, 1.807) is 24.3 Å². The van der Waals surface area contributed by atoms with Crippen molar-refractivity contribution in [3.05, 3.63) is 85.3 Å². The quantitative estimate of drug-likeness (QED) is 0.377. The SMILES string of the molecule is Cc1ccc(COc2c(Cl)cc(Cl)cc2CNc2cc(Cl)c(O)c(Cl)c2)cc1. The average Bonchev–Trinajstić information content (AvgIpc) is 2.64. The van der Waals surface area contributed by atoms with Crippen LogP contribution in [0.1, 0.15) is 16.7 Å². The maximum atomic E-state index is 9.68. The molecule has 0 amide bonds. The zero-order valence-corrected chi connectivity index (χ0v) is 17.9. The molecular weight excluding hydrogens is 440 g/mol. The predicted octanol–water partition coefficient (Wildman–Crippen LogP) is 7.51. The lowest BCUT2D eigenvalue weighted by molar-refractivity contribution is 0.303. The van der Waals surface area contributed by atoms with Crippen molar-refractivity contribution in [2.24, 2.45) is 0 Å². The first-order chi connectivity index (χ1) is 13.3. The number of phenolic OH excluding ortho intramolecular Hbond substituents is 1. The second kappa shape index (κ2) is 9.15. The number of anilines is 1. The molecule has 0 atom stereocenters. The second-order valence-corrected chi connectivity index (χ2v) is 7.95. The third kappa shape index (κ3) is 5.18. The van der Waals surface area contributed by atoms with E-state index in [0.717, 1.165) is 11.1 Å². The minimum Gasteiger partial charge on any atom is -0.505 e. The Kier molecular flexibility index (Phi) is 6.84. The van der Waals surface area contributed by atoms with Crippen LogP contribution < -0.4 is 10.1 Å². The molecule has 2 N–H and O–H groups in total. The van der Waals surface area contributed by atoms with E-state index in [0.29, 0.717) is 34.6 Å². The second-order valence-electron chi connectivity index (χ2n) is 6.29. The summed E-state index contributed by atoms with van der Waals surface area (Å²) in [4.78, 5) is 0. The van der Waals surface area contributed by atoms with E-state index in [1.807, 2.05) is 31.2 Å². The predicted molar refractivity (Wildman–Crippen MR) is 117 cm³/mol. The molecule has 3 aromatic carbocycles. The third-order valence-electron chi connectivity index (χ3n) is 4.09. The maximum Gasteiger partial charge on any atom is 0.152 e. The van der Waals surface area contributed by atoms with Gasteiger partial charge in [-0.15, -0.1) is 0 Å². The van der Waals surface area contributed by atoms with Crippen molar-refractivity contribution in [2.75, 3.05) is 5.32 Å². The largest absolute Gasteiger partial charge is 0.505 e. The molecule has 0 fully saturated rings. The zero-order valence-electron chi connectivity index (χ0n) is 14.9. The summed E-state index contributed by atoms with van der Waals surface area (Å²) in [5.41, 5.74) is 3.65. The van der Waals surface area contributed by atoms with E-state index >= 15 is 0 Å². The first kappa shape index (κ1) is 20.9. The van der Waals surface area contributed by atoms with E-state index in [-0.39, 0.29) is 15.8 Å². The van der Waals surface area contributed by atoms with Crippen LogP contribution in [0.25, 0.3) is 0 Å². The van der Waals surface area contributed by atoms with Crippen LogP contribution in [0.4, 0.5) is 5.69 Å². The van der Waals surface area contributed by atoms with Gasteiger partial charge in [0.1, 0.15) is 12.4 Å². The summed E-state index contributed by atoms with van der Waals surface area (Å²) in [6, 6.07) is 14.7. The van der Waals surface area contributed by atoms with Crippen LogP contribution in [0, 0.1) is 6.92 Å². The smallest absolute Gasteiger partial charge is 0.152 e. The molecule has 0 heterocycles. The molecule has 3 rings (SSSR count). The van der Waals surface area contributed by atoms with Gasteiger partial charge in [-0.25, -0.2) is 0 Å². The molecule has 0 spiro atoms. The minimum atomic E-state index is -0.151. The van der Waals surface area contributed by atoms with Gasteiger partial charge in [0.25, 0.3) is 0 Å². The lowest BCUT2D eigenvalue weighted by Gasteiger charge is -2.16. The molecule has 0 aliphatic heterocycles. The number of hydrogen-bond acceptors (Lipinski definition) is 3. The van der Waals surface area contributed by atoms with E-state index < -0.39 is 0 Å². The van der Waals surface area contributed by atoms with Crippen LogP contribution in [-0.4, -0.2) is 5.11 Å². The van der Waals surface area contributed by atoms with E-state index in [2.05, 4.69) is 5.32 Å². The van der Waals surface area contributed by atoms with Gasteiger partial charge in [-0.3, -0.25) is 0 Å². The Morgan fingerprint density at radius 2 is 1.54 bits per heavy atom. The monoisotopic (exact) mass is 455 g/mol. The normalized spacial score (nSPS) is 10.8. The van der Waals surface area contributed by atoms with Crippen LogP contribution in [0.2, 0.25) is 20.1 Å². The van der Waals surface area contributed by atoms with Crippen molar-refractivity contribution in [1.82, 2.24) is 0 Å². The van der Waals surface area contributed by atoms with Gasteiger partial charge in [0.15, 0.2) is 5.75 Å². The fraction of sp³-hybridized carbons (Fsp3) is 0.143. The summed E-state index contributed by atoms with van der Waals surface area (Å²) in [7, 11) is 0.